The monoisotopic (exact) mass is 213 g/mol. The van der Waals surface area contributed by atoms with Crippen LogP contribution in [0.2, 0.25) is 0 Å². The third-order valence-electron chi connectivity index (χ3n) is 3.21. The molecule has 1 rings (SSSR count). The van der Waals surface area contributed by atoms with Crippen molar-refractivity contribution in [3.05, 3.63) is 0 Å². The number of carbonyl (C=O) groups is 1. The van der Waals surface area contributed by atoms with E-state index in [0.717, 1.165) is 12.8 Å². The lowest BCUT2D eigenvalue weighted by molar-refractivity contribution is -0.142. The van der Waals surface area contributed by atoms with Gasteiger partial charge in [0.15, 0.2) is 0 Å². The third kappa shape index (κ3) is 3.49. The van der Waals surface area contributed by atoms with E-state index < -0.39 is 0 Å². The van der Waals surface area contributed by atoms with E-state index in [-0.39, 0.29) is 16.9 Å². The van der Waals surface area contributed by atoms with Crippen LogP contribution in [0.5, 0.6) is 0 Å². The normalized spacial score (nSPS) is 34.9. The molecule has 2 atom stereocenters. The molecule has 88 valence electrons. The van der Waals surface area contributed by atoms with Crippen molar-refractivity contribution in [1.29, 1.82) is 0 Å². The summed E-state index contributed by atoms with van der Waals surface area (Å²) in [5, 5.41) is 0. The van der Waals surface area contributed by atoms with Gasteiger partial charge < -0.3 is 10.5 Å². The van der Waals surface area contributed by atoms with E-state index in [2.05, 4.69) is 20.8 Å². The second-order valence-corrected chi connectivity index (χ2v) is 5.97. The lowest BCUT2D eigenvalue weighted by Gasteiger charge is -2.45. The SMILES string of the molecule is COC(=O)CC1(N)CC(C)CC(C)(C)C1. The van der Waals surface area contributed by atoms with Crippen LogP contribution < -0.4 is 5.73 Å². The average Bonchev–Trinajstić information content (AvgIpc) is 1.97. The summed E-state index contributed by atoms with van der Waals surface area (Å²) in [5.74, 6) is 0.394. The van der Waals surface area contributed by atoms with Crippen LogP contribution in [-0.2, 0) is 9.53 Å². The number of esters is 1. The molecule has 0 saturated heterocycles. The molecule has 0 amide bonds. The van der Waals surface area contributed by atoms with Gasteiger partial charge in [0.1, 0.15) is 0 Å². The molecular weight excluding hydrogens is 190 g/mol. The Morgan fingerprint density at radius 2 is 2.07 bits per heavy atom. The van der Waals surface area contributed by atoms with Crippen molar-refractivity contribution < 1.29 is 9.53 Å². The van der Waals surface area contributed by atoms with Gasteiger partial charge in [-0.25, -0.2) is 0 Å². The predicted molar refractivity (Wildman–Crippen MR) is 60.3 cm³/mol. The largest absolute Gasteiger partial charge is 0.469 e. The van der Waals surface area contributed by atoms with Crippen LogP contribution in [0.4, 0.5) is 0 Å². The quantitative estimate of drug-likeness (QED) is 0.715. The van der Waals surface area contributed by atoms with Crippen LogP contribution in [0, 0.1) is 11.3 Å². The average molecular weight is 213 g/mol. The van der Waals surface area contributed by atoms with Crippen LogP contribution in [0.25, 0.3) is 0 Å². The number of rotatable bonds is 2. The Bertz CT molecular complexity index is 250. The second kappa shape index (κ2) is 4.12. The first-order valence-corrected chi connectivity index (χ1v) is 5.62. The van der Waals surface area contributed by atoms with Gasteiger partial charge in [-0.2, -0.15) is 0 Å². The Balaban J connectivity index is 2.70. The molecule has 1 aliphatic carbocycles. The Hall–Kier alpha value is -0.570. The van der Waals surface area contributed by atoms with Crippen molar-refractivity contribution in [3.8, 4) is 0 Å². The summed E-state index contributed by atoms with van der Waals surface area (Å²) in [4.78, 5) is 11.3. The maximum Gasteiger partial charge on any atom is 0.307 e. The van der Waals surface area contributed by atoms with Gasteiger partial charge in [-0.3, -0.25) is 4.79 Å². The van der Waals surface area contributed by atoms with Crippen molar-refractivity contribution in [2.24, 2.45) is 17.1 Å². The minimum Gasteiger partial charge on any atom is -0.469 e. The predicted octanol–water partition coefficient (Wildman–Crippen LogP) is 2.09. The molecule has 0 radical (unpaired) electrons. The van der Waals surface area contributed by atoms with Crippen molar-refractivity contribution in [2.75, 3.05) is 7.11 Å². The highest BCUT2D eigenvalue weighted by molar-refractivity contribution is 5.70. The van der Waals surface area contributed by atoms with Crippen molar-refractivity contribution in [3.63, 3.8) is 0 Å². The summed E-state index contributed by atoms with van der Waals surface area (Å²) < 4.78 is 4.70. The first-order valence-electron chi connectivity index (χ1n) is 5.62. The van der Waals surface area contributed by atoms with Crippen LogP contribution in [0.1, 0.15) is 46.5 Å². The van der Waals surface area contributed by atoms with Gasteiger partial charge in [0.2, 0.25) is 0 Å². The van der Waals surface area contributed by atoms with Gasteiger partial charge in [-0.15, -0.1) is 0 Å². The summed E-state index contributed by atoms with van der Waals surface area (Å²) in [6.07, 6.45) is 3.36. The summed E-state index contributed by atoms with van der Waals surface area (Å²) >= 11 is 0. The maximum atomic E-state index is 11.3. The summed E-state index contributed by atoms with van der Waals surface area (Å²) in [6, 6.07) is 0. The minimum atomic E-state index is -0.367. The van der Waals surface area contributed by atoms with E-state index in [4.69, 9.17) is 10.5 Å². The molecule has 3 heteroatoms. The van der Waals surface area contributed by atoms with Crippen molar-refractivity contribution >= 4 is 5.97 Å². The lowest BCUT2D eigenvalue weighted by Crippen LogP contribution is -2.50. The molecule has 0 bridgehead atoms. The Labute approximate surface area is 92.4 Å². The van der Waals surface area contributed by atoms with Gasteiger partial charge >= 0.3 is 5.97 Å². The molecule has 1 fully saturated rings. The number of methoxy groups -OCH3 is 1. The van der Waals surface area contributed by atoms with Gasteiger partial charge in [0, 0.05) is 5.54 Å². The first kappa shape index (κ1) is 12.5. The first-order chi connectivity index (χ1) is 6.76. The van der Waals surface area contributed by atoms with Gasteiger partial charge in [0.25, 0.3) is 0 Å². The van der Waals surface area contributed by atoms with E-state index in [0.29, 0.717) is 12.3 Å². The molecule has 3 nitrogen and oxygen atoms in total. The topological polar surface area (TPSA) is 52.3 Å². The highest BCUT2D eigenvalue weighted by Crippen LogP contribution is 2.44. The molecular formula is C12H23NO2. The van der Waals surface area contributed by atoms with E-state index in [9.17, 15) is 4.79 Å². The molecule has 0 heterocycles. The summed E-state index contributed by atoms with van der Waals surface area (Å²) in [6.45, 7) is 6.66. The Kier molecular flexibility index (Phi) is 3.44. The van der Waals surface area contributed by atoms with E-state index >= 15 is 0 Å². The van der Waals surface area contributed by atoms with Gasteiger partial charge in [-0.1, -0.05) is 20.8 Å². The number of carbonyl (C=O) groups excluding carboxylic acids is 1. The standard InChI is InChI=1S/C12H23NO2/c1-9-5-11(2,3)8-12(13,6-9)7-10(14)15-4/h9H,5-8,13H2,1-4H3. The zero-order chi connectivity index (χ0) is 11.7. The van der Waals surface area contributed by atoms with Crippen LogP contribution in [0.3, 0.4) is 0 Å². The fourth-order valence-corrected chi connectivity index (χ4v) is 3.30. The number of ether oxygens (including phenoxy) is 1. The Morgan fingerprint density at radius 3 is 2.53 bits per heavy atom. The van der Waals surface area contributed by atoms with Crippen molar-refractivity contribution in [1.82, 2.24) is 0 Å². The highest BCUT2D eigenvalue weighted by atomic mass is 16.5. The molecule has 2 N–H and O–H groups in total. The summed E-state index contributed by atoms with van der Waals surface area (Å²) in [7, 11) is 1.42. The number of nitrogens with two attached hydrogens (primary N) is 1. The Morgan fingerprint density at radius 1 is 1.47 bits per heavy atom. The summed E-state index contributed by atoms with van der Waals surface area (Å²) in [5.41, 5.74) is 6.17. The molecule has 0 aromatic rings. The van der Waals surface area contributed by atoms with Crippen LogP contribution in [-0.4, -0.2) is 18.6 Å². The highest BCUT2D eigenvalue weighted by Gasteiger charge is 2.41. The van der Waals surface area contributed by atoms with E-state index in [1.807, 2.05) is 0 Å². The third-order valence-corrected chi connectivity index (χ3v) is 3.21. The second-order valence-electron chi connectivity index (χ2n) is 5.97. The maximum absolute atomic E-state index is 11.3. The zero-order valence-electron chi connectivity index (χ0n) is 10.3. The fourth-order valence-electron chi connectivity index (χ4n) is 3.30. The van der Waals surface area contributed by atoms with Crippen LogP contribution in [0.15, 0.2) is 0 Å². The van der Waals surface area contributed by atoms with E-state index in [1.54, 1.807) is 0 Å². The van der Waals surface area contributed by atoms with E-state index in [1.165, 1.54) is 13.5 Å². The zero-order valence-corrected chi connectivity index (χ0v) is 10.3. The number of hydrogen-bond acceptors (Lipinski definition) is 3. The lowest BCUT2D eigenvalue weighted by atomic mass is 9.64. The molecule has 2 unspecified atom stereocenters. The smallest absolute Gasteiger partial charge is 0.307 e. The van der Waals surface area contributed by atoms with Gasteiger partial charge in [-0.05, 0) is 30.6 Å². The molecule has 0 aliphatic heterocycles. The van der Waals surface area contributed by atoms with Gasteiger partial charge in [0.05, 0.1) is 13.5 Å². The van der Waals surface area contributed by atoms with Crippen molar-refractivity contribution in [2.45, 2.75) is 52.0 Å². The number of hydrogen-bond donors (Lipinski definition) is 1. The molecule has 1 saturated carbocycles. The molecule has 0 aromatic heterocycles. The minimum absolute atomic E-state index is 0.192. The van der Waals surface area contributed by atoms with Crippen LogP contribution >= 0.6 is 0 Å². The fraction of sp³-hybridized carbons (Fsp3) is 0.917. The molecule has 15 heavy (non-hydrogen) atoms. The molecule has 1 aliphatic rings. The molecule has 0 aromatic carbocycles. The molecule has 0 spiro atoms.